The number of nitrogens with zero attached hydrogens (tertiary/aromatic N) is 4. The SMILES string of the molecule is Cn1cc(Cl)c(-c2ncon2)n1. The molecule has 0 fully saturated rings. The number of aromatic nitrogens is 4. The highest BCUT2D eigenvalue weighted by Gasteiger charge is 2.11. The lowest BCUT2D eigenvalue weighted by molar-refractivity contribution is 0.418. The van der Waals surface area contributed by atoms with Gasteiger partial charge in [-0.3, -0.25) is 4.68 Å². The lowest BCUT2D eigenvalue weighted by Gasteiger charge is -1.84. The van der Waals surface area contributed by atoms with E-state index in [4.69, 9.17) is 11.6 Å². The number of aryl methyl sites for hydroxylation is 1. The van der Waals surface area contributed by atoms with Crippen molar-refractivity contribution in [3.05, 3.63) is 17.6 Å². The van der Waals surface area contributed by atoms with Gasteiger partial charge in [-0.05, 0) is 0 Å². The highest BCUT2D eigenvalue weighted by molar-refractivity contribution is 6.32. The smallest absolute Gasteiger partial charge is 0.224 e. The van der Waals surface area contributed by atoms with Crippen molar-refractivity contribution in [3.8, 4) is 11.5 Å². The van der Waals surface area contributed by atoms with Gasteiger partial charge >= 0.3 is 0 Å². The van der Waals surface area contributed by atoms with E-state index >= 15 is 0 Å². The Hall–Kier alpha value is -1.36. The quantitative estimate of drug-likeness (QED) is 0.667. The first-order valence-electron chi connectivity index (χ1n) is 3.23. The fourth-order valence-electron chi connectivity index (χ4n) is 0.886. The van der Waals surface area contributed by atoms with E-state index in [0.717, 1.165) is 0 Å². The molecule has 0 amide bonds. The van der Waals surface area contributed by atoms with Crippen LogP contribution in [0, 0.1) is 0 Å². The van der Waals surface area contributed by atoms with Gasteiger partial charge in [-0.15, -0.1) is 0 Å². The molecule has 12 heavy (non-hydrogen) atoms. The summed E-state index contributed by atoms with van der Waals surface area (Å²) in [5.74, 6) is 0.403. The van der Waals surface area contributed by atoms with Crippen LogP contribution < -0.4 is 0 Å². The maximum Gasteiger partial charge on any atom is 0.224 e. The molecule has 0 unspecified atom stereocenters. The molecule has 5 nitrogen and oxygen atoms in total. The van der Waals surface area contributed by atoms with Gasteiger partial charge in [0.15, 0.2) is 5.69 Å². The first-order chi connectivity index (χ1) is 5.77. The summed E-state index contributed by atoms with van der Waals surface area (Å²) in [5, 5.41) is 8.18. The van der Waals surface area contributed by atoms with Gasteiger partial charge in [-0.25, -0.2) is 0 Å². The van der Waals surface area contributed by atoms with E-state index in [0.29, 0.717) is 16.5 Å². The molecule has 62 valence electrons. The zero-order valence-electron chi connectivity index (χ0n) is 6.23. The van der Waals surface area contributed by atoms with Crippen molar-refractivity contribution in [1.29, 1.82) is 0 Å². The second-order valence-corrected chi connectivity index (χ2v) is 2.66. The predicted molar refractivity (Wildman–Crippen MR) is 41.5 cm³/mol. The summed E-state index contributed by atoms with van der Waals surface area (Å²) in [6.07, 6.45) is 2.91. The fourth-order valence-corrected chi connectivity index (χ4v) is 1.15. The molecule has 2 aromatic heterocycles. The van der Waals surface area contributed by atoms with E-state index in [2.05, 4.69) is 19.8 Å². The minimum atomic E-state index is 0.403. The van der Waals surface area contributed by atoms with Crippen LogP contribution in [0.3, 0.4) is 0 Å². The summed E-state index contributed by atoms with van der Waals surface area (Å²) in [6, 6.07) is 0. The van der Waals surface area contributed by atoms with Crippen molar-refractivity contribution in [2.24, 2.45) is 7.05 Å². The van der Waals surface area contributed by atoms with Crippen LogP contribution in [-0.2, 0) is 7.05 Å². The lowest BCUT2D eigenvalue weighted by Crippen LogP contribution is -1.88. The Kier molecular flexibility index (Phi) is 1.58. The van der Waals surface area contributed by atoms with Crippen LogP contribution >= 0.6 is 11.6 Å². The molecule has 0 spiro atoms. The van der Waals surface area contributed by atoms with Gasteiger partial charge < -0.3 is 4.52 Å². The van der Waals surface area contributed by atoms with Gasteiger partial charge in [0.1, 0.15) is 0 Å². The first-order valence-corrected chi connectivity index (χ1v) is 3.61. The summed E-state index contributed by atoms with van der Waals surface area (Å²) in [6.45, 7) is 0. The van der Waals surface area contributed by atoms with Crippen LogP contribution in [-0.4, -0.2) is 19.9 Å². The molecule has 0 bridgehead atoms. The van der Waals surface area contributed by atoms with Gasteiger partial charge in [-0.2, -0.15) is 10.1 Å². The topological polar surface area (TPSA) is 56.7 Å². The summed E-state index contributed by atoms with van der Waals surface area (Å²) in [7, 11) is 1.77. The molecule has 2 heterocycles. The number of hydrogen-bond donors (Lipinski definition) is 0. The molecule has 0 aromatic carbocycles. The van der Waals surface area contributed by atoms with Crippen LogP contribution in [0.4, 0.5) is 0 Å². The standard InChI is InChI=1S/C6H5ClN4O/c1-11-2-4(7)5(9-11)6-8-3-12-10-6/h2-3H,1H3. The normalized spacial score (nSPS) is 10.5. The van der Waals surface area contributed by atoms with Crippen molar-refractivity contribution in [1.82, 2.24) is 19.9 Å². The summed E-state index contributed by atoms with van der Waals surface area (Å²) in [5.41, 5.74) is 0.535. The third-order valence-electron chi connectivity index (χ3n) is 1.36. The predicted octanol–water partition coefficient (Wildman–Crippen LogP) is 1.12. The van der Waals surface area contributed by atoms with E-state index in [9.17, 15) is 0 Å². The third kappa shape index (κ3) is 1.08. The van der Waals surface area contributed by atoms with E-state index in [1.165, 1.54) is 6.39 Å². The van der Waals surface area contributed by atoms with Crippen LogP contribution in [0.1, 0.15) is 0 Å². The molecule has 0 saturated heterocycles. The Morgan fingerprint density at radius 1 is 1.58 bits per heavy atom. The largest absolute Gasteiger partial charge is 0.342 e. The monoisotopic (exact) mass is 184 g/mol. The van der Waals surface area contributed by atoms with E-state index in [-0.39, 0.29) is 0 Å². The molecule has 0 aliphatic heterocycles. The molecule has 0 aliphatic carbocycles. The van der Waals surface area contributed by atoms with E-state index in [1.807, 2.05) is 0 Å². The molecule has 0 atom stereocenters. The van der Waals surface area contributed by atoms with E-state index < -0.39 is 0 Å². The summed E-state index contributed by atoms with van der Waals surface area (Å²) < 4.78 is 6.16. The summed E-state index contributed by atoms with van der Waals surface area (Å²) in [4.78, 5) is 3.82. The maximum absolute atomic E-state index is 5.83. The Morgan fingerprint density at radius 2 is 2.42 bits per heavy atom. The zero-order chi connectivity index (χ0) is 8.55. The fraction of sp³-hybridized carbons (Fsp3) is 0.167. The Morgan fingerprint density at radius 3 is 2.92 bits per heavy atom. The Balaban J connectivity index is 2.54. The molecule has 2 rings (SSSR count). The van der Waals surface area contributed by atoms with Crippen LogP contribution in [0.15, 0.2) is 17.1 Å². The minimum Gasteiger partial charge on any atom is -0.342 e. The van der Waals surface area contributed by atoms with Gasteiger partial charge in [0.05, 0.1) is 5.02 Å². The number of halogens is 1. The lowest BCUT2D eigenvalue weighted by atomic mass is 10.4. The molecule has 6 heteroatoms. The van der Waals surface area contributed by atoms with Crippen molar-refractivity contribution < 1.29 is 4.52 Å². The maximum atomic E-state index is 5.83. The van der Waals surface area contributed by atoms with Crippen LogP contribution in [0.25, 0.3) is 11.5 Å². The second kappa shape index (κ2) is 2.60. The second-order valence-electron chi connectivity index (χ2n) is 2.25. The van der Waals surface area contributed by atoms with Crippen molar-refractivity contribution >= 4 is 11.6 Å². The third-order valence-corrected chi connectivity index (χ3v) is 1.63. The van der Waals surface area contributed by atoms with Crippen LogP contribution in [0.2, 0.25) is 5.02 Å². The summed E-state index contributed by atoms with van der Waals surface area (Å²) >= 11 is 5.83. The van der Waals surface area contributed by atoms with Crippen molar-refractivity contribution in [2.45, 2.75) is 0 Å². The highest BCUT2D eigenvalue weighted by Crippen LogP contribution is 2.21. The molecular formula is C6H5ClN4O. The Bertz CT molecular complexity index is 380. The Labute approximate surface area is 72.9 Å². The van der Waals surface area contributed by atoms with Gasteiger partial charge in [0, 0.05) is 13.2 Å². The molecule has 0 radical (unpaired) electrons. The molecule has 0 aliphatic rings. The molecule has 2 aromatic rings. The van der Waals surface area contributed by atoms with Crippen LogP contribution in [0.5, 0.6) is 0 Å². The van der Waals surface area contributed by atoms with Gasteiger partial charge in [-0.1, -0.05) is 16.8 Å². The molecular weight excluding hydrogens is 180 g/mol. The minimum absolute atomic E-state index is 0.403. The van der Waals surface area contributed by atoms with Gasteiger partial charge in [0.25, 0.3) is 0 Å². The zero-order valence-corrected chi connectivity index (χ0v) is 6.99. The average molecular weight is 185 g/mol. The highest BCUT2D eigenvalue weighted by atomic mass is 35.5. The first kappa shape index (κ1) is 7.30. The molecule has 0 saturated carbocycles. The number of rotatable bonds is 1. The number of hydrogen-bond acceptors (Lipinski definition) is 4. The molecule has 0 N–H and O–H groups in total. The van der Waals surface area contributed by atoms with Crippen molar-refractivity contribution in [2.75, 3.05) is 0 Å². The van der Waals surface area contributed by atoms with Crippen molar-refractivity contribution in [3.63, 3.8) is 0 Å². The van der Waals surface area contributed by atoms with Gasteiger partial charge in [0.2, 0.25) is 12.2 Å². The van der Waals surface area contributed by atoms with E-state index in [1.54, 1.807) is 17.9 Å². The average Bonchev–Trinajstić information content (AvgIpc) is 2.58.